The van der Waals surface area contributed by atoms with Crippen LogP contribution in [-0.4, -0.2) is 119 Å². The molecule has 0 aromatic rings. The van der Waals surface area contributed by atoms with Gasteiger partial charge in [-0.25, -0.2) is 0 Å². The number of hydrogen-bond acceptors (Lipinski definition) is 7. The summed E-state index contributed by atoms with van der Waals surface area (Å²) in [7, 11) is 0. The number of imide groups is 1. The van der Waals surface area contributed by atoms with E-state index in [1.54, 1.807) is 0 Å². The monoisotopic (exact) mass is 788 g/mol. The van der Waals surface area contributed by atoms with Crippen LogP contribution in [-0.2, 0) is 14.4 Å². The molecular weight excluding hydrogens is 711 g/mol. The van der Waals surface area contributed by atoms with Crippen LogP contribution in [0.1, 0.15) is 155 Å². The maximum absolute atomic E-state index is 13.3. The lowest BCUT2D eigenvalue weighted by atomic mass is 9.67. The van der Waals surface area contributed by atoms with Gasteiger partial charge in [-0.1, -0.05) is 37.3 Å². The second-order valence-corrected chi connectivity index (χ2v) is 21.2. The van der Waals surface area contributed by atoms with Crippen LogP contribution in [0.4, 0.5) is 0 Å². The number of piperidine rings is 3. The lowest BCUT2D eigenvalue weighted by Crippen LogP contribution is -2.63. The smallest absolute Gasteiger partial charge is 0.249 e. The number of amides is 3. The minimum atomic E-state index is -0.459. The summed E-state index contributed by atoms with van der Waals surface area (Å²) >= 11 is 0. The van der Waals surface area contributed by atoms with Gasteiger partial charge in [-0.3, -0.25) is 24.6 Å². The first-order valence-corrected chi connectivity index (χ1v) is 24.5. The summed E-state index contributed by atoms with van der Waals surface area (Å²) in [6.07, 6.45) is 27.7. The molecule has 0 bridgehead atoms. The Bertz CT molecular complexity index is 1450. The van der Waals surface area contributed by atoms with Crippen LogP contribution in [0.15, 0.2) is 11.1 Å². The normalized spacial score (nSPS) is 38.5. The molecule has 4 atom stereocenters. The molecule has 5 aliphatic heterocycles. The highest BCUT2D eigenvalue weighted by atomic mass is 16.3. The molecule has 9 heteroatoms. The van der Waals surface area contributed by atoms with Gasteiger partial charge in [0, 0.05) is 50.6 Å². The molecule has 57 heavy (non-hydrogen) atoms. The predicted molar refractivity (Wildman–Crippen MR) is 224 cm³/mol. The van der Waals surface area contributed by atoms with Crippen LogP contribution < -0.4 is 5.32 Å². The SMILES string of the molecule is CC/C(=C(\C1CCC(O)CC1)C1CCC(N2CCC(CN3CCC4(CC3)CN(C3CCC5C(=O)N(C6CCC(=O)NC6=O)CC5C3)C4)CC2)CC1)C1CCCCC1. The molecule has 4 saturated carbocycles. The third-order valence-electron chi connectivity index (χ3n) is 17.9. The van der Waals surface area contributed by atoms with Crippen LogP contribution in [0.3, 0.4) is 0 Å². The fraction of sp³-hybridized carbons (Fsp3) is 0.896. The van der Waals surface area contributed by atoms with E-state index in [1.165, 1.54) is 149 Å². The van der Waals surface area contributed by atoms with E-state index in [0.717, 1.165) is 61.8 Å². The highest BCUT2D eigenvalue weighted by molar-refractivity contribution is 6.02. The van der Waals surface area contributed by atoms with E-state index < -0.39 is 6.04 Å². The Balaban J connectivity index is 0.696. The molecule has 0 aromatic carbocycles. The van der Waals surface area contributed by atoms with Crippen LogP contribution in [0.2, 0.25) is 0 Å². The minimum absolute atomic E-state index is 0.0610. The largest absolute Gasteiger partial charge is 0.393 e. The second kappa shape index (κ2) is 17.7. The number of likely N-dealkylation sites (tertiary alicyclic amines) is 4. The topological polar surface area (TPSA) is 96.4 Å². The summed E-state index contributed by atoms with van der Waals surface area (Å²) in [6, 6.07) is 0.908. The van der Waals surface area contributed by atoms with Gasteiger partial charge >= 0.3 is 0 Å². The third kappa shape index (κ3) is 8.71. The molecule has 1 spiro atoms. The number of hydrogen-bond donors (Lipinski definition) is 2. The van der Waals surface area contributed by atoms with Crippen molar-refractivity contribution in [3.63, 3.8) is 0 Å². The van der Waals surface area contributed by atoms with Crippen molar-refractivity contribution < 1.29 is 19.5 Å². The number of fused-ring (bicyclic) bond motifs is 1. The van der Waals surface area contributed by atoms with Gasteiger partial charge < -0.3 is 19.8 Å². The Hall–Kier alpha value is -1.81. The molecule has 3 amide bonds. The highest BCUT2D eigenvalue weighted by Crippen LogP contribution is 2.48. The quantitative estimate of drug-likeness (QED) is 0.194. The molecule has 0 aromatic heterocycles. The van der Waals surface area contributed by atoms with Crippen molar-refractivity contribution in [1.82, 2.24) is 24.9 Å². The van der Waals surface area contributed by atoms with Crippen LogP contribution >= 0.6 is 0 Å². The Morgan fingerprint density at radius 2 is 1.39 bits per heavy atom. The molecule has 9 aliphatic rings. The zero-order chi connectivity index (χ0) is 39.1. The Labute approximate surface area is 344 Å². The number of carbonyl (C=O) groups excluding carboxylic acids is 3. The van der Waals surface area contributed by atoms with Crippen molar-refractivity contribution in [2.75, 3.05) is 52.4 Å². The first-order valence-electron chi connectivity index (χ1n) is 24.5. The van der Waals surface area contributed by atoms with Crippen LogP contribution in [0, 0.1) is 40.9 Å². The van der Waals surface area contributed by atoms with Crippen LogP contribution in [0.25, 0.3) is 0 Å². The van der Waals surface area contributed by atoms with E-state index in [-0.39, 0.29) is 29.7 Å². The fourth-order valence-corrected chi connectivity index (χ4v) is 14.6. The number of allylic oxidation sites excluding steroid dienone is 2. The summed E-state index contributed by atoms with van der Waals surface area (Å²) in [4.78, 5) is 47.8. The van der Waals surface area contributed by atoms with Crippen molar-refractivity contribution in [2.24, 2.45) is 40.9 Å². The molecule has 9 fully saturated rings. The zero-order valence-corrected chi connectivity index (χ0v) is 35.7. The first-order chi connectivity index (χ1) is 27.8. The number of aliphatic hydroxyl groups is 1. The molecule has 5 heterocycles. The highest BCUT2D eigenvalue weighted by Gasteiger charge is 2.52. The van der Waals surface area contributed by atoms with Crippen molar-refractivity contribution >= 4 is 17.7 Å². The molecule has 9 rings (SSSR count). The van der Waals surface area contributed by atoms with E-state index >= 15 is 0 Å². The van der Waals surface area contributed by atoms with Gasteiger partial charge in [0.2, 0.25) is 17.7 Å². The maximum Gasteiger partial charge on any atom is 0.249 e. The summed E-state index contributed by atoms with van der Waals surface area (Å²) in [6.45, 7) is 12.0. The number of rotatable bonds is 9. The van der Waals surface area contributed by atoms with Crippen molar-refractivity contribution in [3.05, 3.63) is 11.1 Å². The molecular formula is C48H77N5O4. The van der Waals surface area contributed by atoms with E-state index in [4.69, 9.17) is 0 Å². The lowest BCUT2D eigenvalue weighted by Gasteiger charge is -2.58. The van der Waals surface area contributed by atoms with Gasteiger partial charge in [0.25, 0.3) is 0 Å². The molecule has 2 N–H and O–H groups in total. The van der Waals surface area contributed by atoms with E-state index in [9.17, 15) is 19.5 Å². The molecule has 4 unspecified atom stereocenters. The molecule has 318 valence electrons. The van der Waals surface area contributed by atoms with Gasteiger partial charge in [0.05, 0.1) is 6.10 Å². The van der Waals surface area contributed by atoms with E-state index in [0.29, 0.717) is 36.8 Å². The van der Waals surface area contributed by atoms with Crippen LogP contribution in [0.5, 0.6) is 0 Å². The van der Waals surface area contributed by atoms with Crippen molar-refractivity contribution in [2.45, 2.75) is 179 Å². The van der Waals surface area contributed by atoms with Gasteiger partial charge in [0.1, 0.15) is 6.04 Å². The number of carbonyl (C=O) groups is 3. The summed E-state index contributed by atoms with van der Waals surface area (Å²) in [5, 5.41) is 12.8. The predicted octanol–water partition coefficient (Wildman–Crippen LogP) is 6.93. The summed E-state index contributed by atoms with van der Waals surface area (Å²) in [5.74, 6) is 3.31. The van der Waals surface area contributed by atoms with E-state index in [2.05, 4.69) is 26.9 Å². The zero-order valence-electron chi connectivity index (χ0n) is 35.7. The first kappa shape index (κ1) is 40.6. The fourth-order valence-electron chi connectivity index (χ4n) is 14.6. The Kier molecular flexibility index (Phi) is 12.6. The van der Waals surface area contributed by atoms with Gasteiger partial charge in [-0.2, -0.15) is 0 Å². The number of aliphatic hydroxyl groups excluding tert-OH is 1. The number of nitrogens with zero attached hydrogens (tertiary/aromatic N) is 4. The summed E-state index contributed by atoms with van der Waals surface area (Å²) < 4.78 is 0. The Morgan fingerprint density at radius 3 is 2.05 bits per heavy atom. The summed E-state index contributed by atoms with van der Waals surface area (Å²) in [5.41, 5.74) is 4.30. The standard InChI is InChI=1S/C48H77N5O4/c1-2-41(34-6-4-3-5-7-34)45(36-10-15-40(54)16-11-36)35-8-12-38(13-9-35)51-24-20-33(21-25-51)29-50-26-22-48(23-27-50)31-52(32-48)39-14-17-42-37(28-39)30-53(47(42)57)43-18-19-44(55)49-46(43)56/h33-40,42-43,54H,2-32H2,1H3,(H,49,55,56)/b45-41+. The van der Waals surface area contributed by atoms with Gasteiger partial charge in [-0.05, 0) is 183 Å². The second-order valence-electron chi connectivity index (χ2n) is 21.2. The lowest BCUT2D eigenvalue weighted by molar-refractivity contribution is -0.145. The molecule has 4 aliphatic carbocycles. The minimum Gasteiger partial charge on any atom is -0.393 e. The van der Waals surface area contributed by atoms with Gasteiger partial charge in [0.15, 0.2) is 0 Å². The Morgan fingerprint density at radius 1 is 0.719 bits per heavy atom. The third-order valence-corrected chi connectivity index (χ3v) is 17.9. The van der Waals surface area contributed by atoms with Crippen molar-refractivity contribution in [3.8, 4) is 0 Å². The van der Waals surface area contributed by atoms with E-state index in [1.807, 2.05) is 16.0 Å². The van der Waals surface area contributed by atoms with Crippen molar-refractivity contribution in [1.29, 1.82) is 0 Å². The molecule has 9 nitrogen and oxygen atoms in total. The molecule has 0 radical (unpaired) electrons. The maximum atomic E-state index is 13.3. The number of nitrogens with one attached hydrogen (secondary N) is 1. The average molecular weight is 788 g/mol. The van der Waals surface area contributed by atoms with Gasteiger partial charge in [-0.15, -0.1) is 0 Å². The molecule has 5 saturated heterocycles. The average Bonchev–Trinajstić information content (AvgIpc) is 3.55.